The van der Waals surface area contributed by atoms with Gasteiger partial charge in [-0.15, -0.1) is 0 Å². The monoisotopic (exact) mass is 280 g/mol. The molecule has 2 heterocycles. The molecule has 2 fully saturated rings. The van der Waals surface area contributed by atoms with E-state index in [0.717, 1.165) is 23.3 Å². The first kappa shape index (κ1) is 12.9. The second-order valence-electron chi connectivity index (χ2n) is 5.50. The molecule has 0 bridgehead atoms. The summed E-state index contributed by atoms with van der Waals surface area (Å²) in [6, 6.07) is 0.643. The van der Waals surface area contributed by atoms with E-state index in [1.165, 1.54) is 50.6 Å². The molecule has 0 amide bonds. The standard InChI is InChI=1S/C14H20N2O2S/c1-9-12(13(17)18-2)19-14(15-9)16-8-4-6-10-5-3-7-11(10)16/h10-11H,3-8H2,1-2H3. The summed E-state index contributed by atoms with van der Waals surface area (Å²) >= 11 is 1.49. The second-order valence-corrected chi connectivity index (χ2v) is 6.47. The first-order chi connectivity index (χ1) is 9.20. The Hall–Kier alpha value is -1.10. The summed E-state index contributed by atoms with van der Waals surface area (Å²) in [7, 11) is 1.43. The maximum Gasteiger partial charge on any atom is 0.350 e. The molecular weight excluding hydrogens is 260 g/mol. The van der Waals surface area contributed by atoms with Crippen LogP contribution in [0.2, 0.25) is 0 Å². The SMILES string of the molecule is COC(=O)c1sc(N2CCCC3CCCC32)nc1C. The molecule has 0 aromatic carbocycles. The molecule has 1 aliphatic carbocycles. The highest BCUT2D eigenvalue weighted by Crippen LogP contribution is 2.40. The molecule has 0 N–H and O–H groups in total. The zero-order valence-corrected chi connectivity index (χ0v) is 12.3. The smallest absolute Gasteiger partial charge is 0.350 e. The Kier molecular flexibility index (Phi) is 3.48. The number of carbonyl (C=O) groups excluding carboxylic acids is 1. The fourth-order valence-electron chi connectivity index (χ4n) is 3.48. The van der Waals surface area contributed by atoms with Crippen LogP contribution in [0.1, 0.15) is 47.5 Å². The van der Waals surface area contributed by atoms with Gasteiger partial charge in [0.2, 0.25) is 0 Å². The number of nitrogens with zero attached hydrogens (tertiary/aromatic N) is 2. The van der Waals surface area contributed by atoms with E-state index in [1.807, 2.05) is 6.92 Å². The number of aromatic nitrogens is 1. The fourth-order valence-corrected chi connectivity index (χ4v) is 4.55. The van der Waals surface area contributed by atoms with E-state index in [2.05, 4.69) is 9.88 Å². The van der Waals surface area contributed by atoms with Crippen molar-refractivity contribution >= 4 is 22.4 Å². The summed E-state index contributed by atoms with van der Waals surface area (Å²) in [5.41, 5.74) is 0.798. The minimum Gasteiger partial charge on any atom is -0.465 e. The van der Waals surface area contributed by atoms with Crippen LogP contribution < -0.4 is 4.90 Å². The van der Waals surface area contributed by atoms with Gasteiger partial charge in [-0.25, -0.2) is 9.78 Å². The van der Waals surface area contributed by atoms with E-state index in [0.29, 0.717) is 10.9 Å². The molecule has 1 saturated heterocycles. The van der Waals surface area contributed by atoms with Gasteiger partial charge in [0.15, 0.2) is 5.13 Å². The number of hydrogen-bond acceptors (Lipinski definition) is 5. The van der Waals surface area contributed by atoms with E-state index in [-0.39, 0.29) is 5.97 Å². The molecule has 104 valence electrons. The number of methoxy groups -OCH3 is 1. The molecule has 1 saturated carbocycles. The Morgan fingerprint density at radius 1 is 1.37 bits per heavy atom. The summed E-state index contributed by atoms with van der Waals surface area (Å²) in [5, 5.41) is 1.01. The molecule has 19 heavy (non-hydrogen) atoms. The summed E-state index contributed by atoms with van der Waals surface area (Å²) in [6.07, 6.45) is 6.56. The third kappa shape index (κ3) is 2.24. The predicted molar refractivity (Wildman–Crippen MR) is 75.9 cm³/mol. The van der Waals surface area contributed by atoms with E-state index in [4.69, 9.17) is 4.74 Å². The average molecular weight is 280 g/mol. The van der Waals surface area contributed by atoms with Gasteiger partial charge in [0.05, 0.1) is 12.8 Å². The van der Waals surface area contributed by atoms with Gasteiger partial charge in [0.1, 0.15) is 4.88 Å². The Morgan fingerprint density at radius 2 is 2.16 bits per heavy atom. The quantitative estimate of drug-likeness (QED) is 0.781. The number of thiazole rings is 1. The van der Waals surface area contributed by atoms with Crippen LogP contribution >= 0.6 is 11.3 Å². The zero-order valence-electron chi connectivity index (χ0n) is 11.5. The molecule has 1 aromatic heterocycles. The molecule has 1 aromatic rings. The third-order valence-corrected chi connectivity index (χ3v) is 5.57. The lowest BCUT2D eigenvalue weighted by Crippen LogP contribution is -2.42. The molecule has 5 heteroatoms. The predicted octanol–water partition coefficient (Wildman–Crippen LogP) is 3.01. The van der Waals surface area contributed by atoms with E-state index in [1.54, 1.807) is 0 Å². The number of fused-ring (bicyclic) bond motifs is 1. The first-order valence-electron chi connectivity index (χ1n) is 7.03. The van der Waals surface area contributed by atoms with Crippen LogP contribution in [-0.2, 0) is 4.74 Å². The highest BCUT2D eigenvalue weighted by atomic mass is 32.1. The first-order valence-corrected chi connectivity index (χ1v) is 7.84. The molecule has 0 radical (unpaired) electrons. The highest BCUT2D eigenvalue weighted by Gasteiger charge is 2.36. The molecule has 3 rings (SSSR count). The lowest BCUT2D eigenvalue weighted by atomic mass is 9.92. The normalized spacial score (nSPS) is 26.3. The van der Waals surface area contributed by atoms with Crippen LogP contribution in [0.15, 0.2) is 0 Å². The van der Waals surface area contributed by atoms with Crippen LogP contribution in [0.3, 0.4) is 0 Å². The van der Waals surface area contributed by atoms with E-state index in [9.17, 15) is 4.79 Å². The van der Waals surface area contributed by atoms with Crippen LogP contribution in [-0.4, -0.2) is 30.6 Å². The Labute approximate surface area is 117 Å². The lowest BCUT2D eigenvalue weighted by Gasteiger charge is -2.37. The topological polar surface area (TPSA) is 42.4 Å². The van der Waals surface area contributed by atoms with Gasteiger partial charge in [-0.2, -0.15) is 0 Å². The van der Waals surface area contributed by atoms with Crippen LogP contribution in [0.5, 0.6) is 0 Å². The van der Waals surface area contributed by atoms with Crippen molar-refractivity contribution in [2.75, 3.05) is 18.6 Å². The van der Waals surface area contributed by atoms with Crippen molar-refractivity contribution in [2.24, 2.45) is 5.92 Å². The number of aryl methyl sites for hydroxylation is 1. The van der Waals surface area contributed by atoms with Crippen molar-refractivity contribution in [3.63, 3.8) is 0 Å². The molecular formula is C14H20N2O2S. The molecule has 2 unspecified atom stereocenters. The van der Waals surface area contributed by atoms with Crippen LogP contribution in [0, 0.1) is 12.8 Å². The fraction of sp³-hybridized carbons (Fsp3) is 0.714. The minimum absolute atomic E-state index is 0.263. The molecule has 4 nitrogen and oxygen atoms in total. The number of piperidine rings is 1. The van der Waals surface area contributed by atoms with Crippen molar-refractivity contribution in [3.05, 3.63) is 10.6 Å². The molecule has 0 spiro atoms. The number of rotatable bonds is 2. The Morgan fingerprint density at radius 3 is 2.95 bits per heavy atom. The van der Waals surface area contributed by atoms with Crippen LogP contribution in [0.4, 0.5) is 5.13 Å². The van der Waals surface area contributed by atoms with Gasteiger partial charge >= 0.3 is 5.97 Å². The zero-order chi connectivity index (χ0) is 13.4. The number of esters is 1. The Balaban J connectivity index is 1.87. The van der Waals surface area contributed by atoms with Crippen molar-refractivity contribution < 1.29 is 9.53 Å². The van der Waals surface area contributed by atoms with Crippen LogP contribution in [0.25, 0.3) is 0 Å². The van der Waals surface area contributed by atoms with E-state index >= 15 is 0 Å². The van der Waals surface area contributed by atoms with Crippen molar-refractivity contribution in [1.29, 1.82) is 0 Å². The van der Waals surface area contributed by atoms with Crippen molar-refractivity contribution in [2.45, 2.75) is 45.1 Å². The molecule has 2 aliphatic rings. The van der Waals surface area contributed by atoms with Crippen molar-refractivity contribution in [1.82, 2.24) is 4.98 Å². The van der Waals surface area contributed by atoms with Gasteiger partial charge in [-0.05, 0) is 38.5 Å². The average Bonchev–Trinajstić information content (AvgIpc) is 3.03. The number of ether oxygens (including phenoxy) is 1. The van der Waals surface area contributed by atoms with Gasteiger partial charge < -0.3 is 9.64 Å². The number of anilines is 1. The number of hydrogen-bond donors (Lipinski definition) is 0. The summed E-state index contributed by atoms with van der Waals surface area (Å²) in [4.78, 5) is 19.4. The lowest BCUT2D eigenvalue weighted by molar-refractivity contribution is 0.0605. The minimum atomic E-state index is -0.263. The maximum atomic E-state index is 11.7. The van der Waals surface area contributed by atoms with Gasteiger partial charge in [0.25, 0.3) is 0 Å². The van der Waals surface area contributed by atoms with E-state index < -0.39 is 0 Å². The van der Waals surface area contributed by atoms with Gasteiger partial charge in [-0.3, -0.25) is 0 Å². The molecule has 2 atom stereocenters. The second kappa shape index (κ2) is 5.12. The summed E-state index contributed by atoms with van der Waals surface area (Å²) in [6.45, 7) is 2.97. The van der Waals surface area contributed by atoms with Gasteiger partial charge in [0, 0.05) is 12.6 Å². The Bertz CT molecular complexity index is 486. The number of carbonyl (C=O) groups is 1. The third-order valence-electron chi connectivity index (χ3n) is 4.40. The molecule has 1 aliphatic heterocycles. The largest absolute Gasteiger partial charge is 0.465 e. The van der Waals surface area contributed by atoms with Gasteiger partial charge in [-0.1, -0.05) is 17.8 Å². The highest BCUT2D eigenvalue weighted by molar-refractivity contribution is 7.17. The summed E-state index contributed by atoms with van der Waals surface area (Å²) in [5.74, 6) is 0.570. The summed E-state index contributed by atoms with van der Waals surface area (Å²) < 4.78 is 4.82. The van der Waals surface area contributed by atoms with Crippen molar-refractivity contribution in [3.8, 4) is 0 Å². The maximum absolute atomic E-state index is 11.7.